The number of aryl methyl sites for hydroxylation is 1. The third-order valence-electron chi connectivity index (χ3n) is 4.77. The molecule has 3 atom stereocenters. The van der Waals surface area contributed by atoms with Gasteiger partial charge in [0.1, 0.15) is 5.82 Å². The number of rotatable bonds is 3. The molecule has 0 saturated heterocycles. The van der Waals surface area contributed by atoms with Gasteiger partial charge < -0.3 is 10.6 Å². The largest absolute Gasteiger partial charge is 0.332 e. The van der Waals surface area contributed by atoms with Crippen molar-refractivity contribution in [3.63, 3.8) is 0 Å². The Labute approximate surface area is 141 Å². The molecule has 128 valence electrons. The Bertz CT molecular complexity index is 742. The van der Waals surface area contributed by atoms with E-state index in [1.54, 1.807) is 16.9 Å². The minimum absolute atomic E-state index is 0.149. The molecule has 0 fully saturated rings. The van der Waals surface area contributed by atoms with E-state index in [0.29, 0.717) is 0 Å². The second-order valence-corrected chi connectivity index (χ2v) is 6.59. The van der Waals surface area contributed by atoms with E-state index >= 15 is 0 Å². The van der Waals surface area contributed by atoms with Crippen LogP contribution in [0.15, 0.2) is 30.6 Å². The van der Waals surface area contributed by atoms with Crippen LogP contribution in [-0.2, 0) is 13.5 Å². The van der Waals surface area contributed by atoms with Gasteiger partial charge in [0, 0.05) is 18.8 Å². The molecule has 1 heterocycles. The van der Waals surface area contributed by atoms with Crippen LogP contribution in [0.25, 0.3) is 0 Å². The Hall–Kier alpha value is -2.37. The normalized spacial score (nSPS) is 21.0. The molecular weight excluding hydrogens is 307 g/mol. The molecule has 2 aromatic rings. The van der Waals surface area contributed by atoms with Gasteiger partial charge in [0.2, 0.25) is 0 Å². The highest BCUT2D eigenvalue weighted by atomic mass is 19.1. The van der Waals surface area contributed by atoms with Crippen molar-refractivity contribution in [3.8, 4) is 0 Å². The lowest BCUT2D eigenvalue weighted by Crippen LogP contribution is -2.42. The Morgan fingerprint density at radius 1 is 1.46 bits per heavy atom. The number of carbonyl (C=O) groups excluding carboxylic acids is 1. The van der Waals surface area contributed by atoms with E-state index in [9.17, 15) is 9.18 Å². The smallest absolute Gasteiger partial charge is 0.315 e. The molecule has 0 spiro atoms. The van der Waals surface area contributed by atoms with Crippen molar-refractivity contribution in [2.75, 3.05) is 0 Å². The summed E-state index contributed by atoms with van der Waals surface area (Å²) in [7, 11) is 1.84. The number of amides is 2. The minimum Gasteiger partial charge on any atom is -0.332 e. The Kier molecular flexibility index (Phi) is 4.55. The molecule has 0 saturated carbocycles. The summed E-state index contributed by atoms with van der Waals surface area (Å²) in [5.74, 6) is 0.0779. The molecule has 0 unspecified atom stereocenters. The summed E-state index contributed by atoms with van der Waals surface area (Å²) in [5, 5.41) is 10.1. The summed E-state index contributed by atoms with van der Waals surface area (Å²) >= 11 is 0. The molecular formula is C18H23FN4O. The van der Waals surface area contributed by atoms with Crippen LogP contribution in [-0.4, -0.2) is 15.8 Å². The Morgan fingerprint density at radius 3 is 2.96 bits per heavy atom. The molecule has 3 rings (SSSR count). The van der Waals surface area contributed by atoms with Crippen molar-refractivity contribution in [2.24, 2.45) is 13.0 Å². The van der Waals surface area contributed by atoms with Crippen molar-refractivity contribution in [3.05, 3.63) is 53.1 Å². The SMILES string of the molecule is C[C@H](NC(=O)N[C@H]1c2cccc(F)c2CC[C@@H]1C)c1cnn(C)c1. The van der Waals surface area contributed by atoms with Crippen LogP contribution in [0.1, 0.15) is 49.0 Å². The molecule has 2 N–H and O–H groups in total. The number of halogens is 1. The molecule has 0 aliphatic heterocycles. The van der Waals surface area contributed by atoms with Gasteiger partial charge in [0.15, 0.2) is 0 Å². The van der Waals surface area contributed by atoms with Crippen LogP contribution in [0.5, 0.6) is 0 Å². The van der Waals surface area contributed by atoms with E-state index in [2.05, 4.69) is 22.7 Å². The number of aromatic nitrogens is 2. The zero-order valence-electron chi connectivity index (χ0n) is 14.2. The van der Waals surface area contributed by atoms with Gasteiger partial charge in [-0.05, 0) is 42.9 Å². The number of urea groups is 1. The zero-order valence-corrected chi connectivity index (χ0v) is 14.2. The van der Waals surface area contributed by atoms with E-state index in [1.165, 1.54) is 6.07 Å². The van der Waals surface area contributed by atoms with Crippen LogP contribution in [0.3, 0.4) is 0 Å². The highest BCUT2D eigenvalue weighted by Crippen LogP contribution is 2.35. The maximum Gasteiger partial charge on any atom is 0.315 e. The Balaban J connectivity index is 1.71. The summed E-state index contributed by atoms with van der Waals surface area (Å²) in [6.45, 7) is 4.00. The van der Waals surface area contributed by atoms with Gasteiger partial charge in [-0.15, -0.1) is 0 Å². The molecule has 1 aromatic carbocycles. The number of benzene rings is 1. The van der Waals surface area contributed by atoms with Gasteiger partial charge in [-0.25, -0.2) is 9.18 Å². The van der Waals surface area contributed by atoms with Gasteiger partial charge in [0.25, 0.3) is 0 Å². The van der Waals surface area contributed by atoms with E-state index in [1.807, 2.05) is 26.2 Å². The monoisotopic (exact) mass is 330 g/mol. The fourth-order valence-electron chi connectivity index (χ4n) is 3.32. The molecule has 1 aliphatic rings. The number of nitrogens with zero attached hydrogens (tertiary/aromatic N) is 2. The van der Waals surface area contributed by atoms with Gasteiger partial charge >= 0.3 is 6.03 Å². The van der Waals surface area contributed by atoms with Gasteiger partial charge in [-0.2, -0.15) is 5.10 Å². The minimum atomic E-state index is -0.250. The van der Waals surface area contributed by atoms with Crippen LogP contribution in [0, 0.1) is 11.7 Å². The highest BCUT2D eigenvalue weighted by Gasteiger charge is 2.29. The molecule has 5 nitrogen and oxygen atoms in total. The fraction of sp³-hybridized carbons (Fsp3) is 0.444. The molecule has 24 heavy (non-hydrogen) atoms. The Morgan fingerprint density at radius 2 is 2.25 bits per heavy atom. The van der Waals surface area contributed by atoms with E-state index in [4.69, 9.17) is 0 Å². The van der Waals surface area contributed by atoms with Gasteiger partial charge in [0.05, 0.1) is 18.3 Å². The maximum atomic E-state index is 14.0. The highest BCUT2D eigenvalue weighted by molar-refractivity contribution is 5.75. The lowest BCUT2D eigenvalue weighted by molar-refractivity contribution is 0.226. The summed E-state index contributed by atoms with van der Waals surface area (Å²) in [4.78, 5) is 12.4. The second kappa shape index (κ2) is 6.63. The van der Waals surface area contributed by atoms with Crippen molar-refractivity contribution in [1.29, 1.82) is 0 Å². The maximum absolute atomic E-state index is 14.0. The summed E-state index contributed by atoms with van der Waals surface area (Å²) < 4.78 is 15.7. The summed E-state index contributed by atoms with van der Waals surface area (Å²) in [5.41, 5.74) is 2.55. The predicted octanol–water partition coefficient (Wildman–Crippen LogP) is 3.24. The number of hydrogen-bond acceptors (Lipinski definition) is 2. The van der Waals surface area contributed by atoms with Crippen LogP contribution in [0.4, 0.5) is 9.18 Å². The van der Waals surface area contributed by atoms with E-state index < -0.39 is 0 Å². The first-order valence-corrected chi connectivity index (χ1v) is 8.28. The number of fused-ring (bicyclic) bond motifs is 1. The van der Waals surface area contributed by atoms with Crippen molar-refractivity contribution in [1.82, 2.24) is 20.4 Å². The third-order valence-corrected chi connectivity index (χ3v) is 4.77. The number of carbonyl (C=O) groups is 1. The van der Waals surface area contributed by atoms with Gasteiger partial charge in [-0.1, -0.05) is 19.1 Å². The lowest BCUT2D eigenvalue weighted by atomic mass is 9.80. The topological polar surface area (TPSA) is 59.0 Å². The number of hydrogen-bond donors (Lipinski definition) is 2. The van der Waals surface area contributed by atoms with Crippen molar-refractivity contribution >= 4 is 6.03 Å². The lowest BCUT2D eigenvalue weighted by Gasteiger charge is -2.32. The fourth-order valence-corrected chi connectivity index (χ4v) is 3.32. The molecule has 0 bridgehead atoms. The molecule has 2 amide bonds. The molecule has 6 heteroatoms. The van der Waals surface area contributed by atoms with E-state index in [-0.39, 0.29) is 29.8 Å². The standard InChI is InChI=1S/C18H23FN4O/c1-11-7-8-14-15(5-4-6-16(14)19)17(11)22-18(24)21-12(2)13-9-20-23(3)10-13/h4-6,9-12,17H,7-8H2,1-3H3,(H2,21,22,24)/t11-,12-,17+/m0/s1. The second-order valence-electron chi connectivity index (χ2n) is 6.59. The number of nitrogens with one attached hydrogen (secondary N) is 2. The zero-order chi connectivity index (χ0) is 17.3. The van der Waals surface area contributed by atoms with Crippen LogP contribution >= 0.6 is 0 Å². The summed E-state index contributed by atoms with van der Waals surface area (Å²) in [6.07, 6.45) is 5.18. The first-order chi connectivity index (χ1) is 11.5. The van der Waals surface area contributed by atoms with Gasteiger partial charge in [-0.3, -0.25) is 4.68 Å². The van der Waals surface area contributed by atoms with Crippen LogP contribution in [0.2, 0.25) is 0 Å². The first kappa shape index (κ1) is 16.5. The van der Waals surface area contributed by atoms with Crippen LogP contribution < -0.4 is 10.6 Å². The third kappa shape index (κ3) is 3.27. The molecule has 1 aliphatic carbocycles. The average molecular weight is 330 g/mol. The van der Waals surface area contributed by atoms with E-state index in [0.717, 1.165) is 29.5 Å². The molecule has 1 aromatic heterocycles. The quantitative estimate of drug-likeness (QED) is 0.907. The summed E-state index contributed by atoms with van der Waals surface area (Å²) in [6, 6.07) is 4.52. The van der Waals surface area contributed by atoms with Crippen molar-refractivity contribution < 1.29 is 9.18 Å². The predicted molar refractivity (Wildman–Crippen MR) is 89.9 cm³/mol. The van der Waals surface area contributed by atoms with Crippen molar-refractivity contribution in [2.45, 2.75) is 38.8 Å². The first-order valence-electron chi connectivity index (χ1n) is 8.28. The molecule has 0 radical (unpaired) electrons. The average Bonchev–Trinajstić information content (AvgIpc) is 2.97.